The molecule has 232 valence electrons. The van der Waals surface area contributed by atoms with Crippen LogP contribution in [-0.2, 0) is 0 Å². The molecule has 1 aromatic heterocycles. The van der Waals surface area contributed by atoms with E-state index in [0.717, 1.165) is 24.6 Å². The molecule has 0 radical (unpaired) electrons. The first kappa shape index (κ1) is 29.8. The second-order valence-corrected chi connectivity index (χ2v) is 12.2. The molecule has 3 heterocycles. The van der Waals surface area contributed by atoms with Gasteiger partial charge in [-0.15, -0.1) is 10.2 Å². The first-order valence-electron chi connectivity index (χ1n) is 15.8. The summed E-state index contributed by atoms with van der Waals surface area (Å²) in [4.78, 5) is 34.4. The number of anilines is 3. The van der Waals surface area contributed by atoms with E-state index in [9.17, 15) is 9.59 Å². The summed E-state index contributed by atoms with van der Waals surface area (Å²) in [6.07, 6.45) is 9.52. The van der Waals surface area contributed by atoms with Crippen LogP contribution in [-0.4, -0.2) is 77.3 Å². The minimum atomic E-state index is -0.701. The lowest BCUT2D eigenvalue weighted by molar-refractivity contribution is 0.0931. The quantitative estimate of drug-likeness (QED) is 0.330. The average molecular weight is 599 g/mol. The maximum Gasteiger partial charge on any atom is 0.273 e. The number of hydrogen-bond donors (Lipinski definition) is 3. The van der Waals surface area contributed by atoms with E-state index < -0.39 is 5.91 Å². The van der Waals surface area contributed by atoms with E-state index in [-0.39, 0.29) is 23.5 Å². The number of piperidine rings is 2. The smallest absolute Gasteiger partial charge is 0.273 e. The lowest BCUT2D eigenvalue weighted by atomic mass is 9.88. The van der Waals surface area contributed by atoms with Crippen molar-refractivity contribution in [3.8, 4) is 5.75 Å². The number of aromatic nitrogens is 3. The van der Waals surface area contributed by atoms with E-state index in [1.807, 2.05) is 17.0 Å². The van der Waals surface area contributed by atoms with Crippen LogP contribution in [0.25, 0.3) is 0 Å². The Morgan fingerprint density at radius 3 is 2.30 bits per heavy atom. The third kappa shape index (κ3) is 6.93. The van der Waals surface area contributed by atoms with Gasteiger partial charge in [0.2, 0.25) is 5.95 Å². The van der Waals surface area contributed by atoms with Crippen molar-refractivity contribution in [1.29, 1.82) is 0 Å². The van der Waals surface area contributed by atoms with Gasteiger partial charge in [0.05, 0.1) is 7.11 Å². The highest BCUT2D eigenvalue weighted by Crippen LogP contribution is 2.33. The normalized spacial score (nSPS) is 19.9. The number of nitrogens with zero attached hydrogens (tertiary/aromatic N) is 5. The van der Waals surface area contributed by atoms with E-state index in [1.165, 1.54) is 57.2 Å². The summed E-state index contributed by atoms with van der Waals surface area (Å²) in [5.41, 5.74) is 8.33. The van der Waals surface area contributed by atoms with Crippen LogP contribution >= 0.6 is 0 Å². The highest BCUT2D eigenvalue weighted by molar-refractivity contribution is 5.96. The minimum absolute atomic E-state index is 0.0153. The lowest BCUT2D eigenvalue weighted by Crippen LogP contribution is -2.48. The van der Waals surface area contributed by atoms with Gasteiger partial charge in [-0.2, -0.15) is 4.98 Å². The van der Waals surface area contributed by atoms with Gasteiger partial charge < -0.3 is 30.9 Å². The minimum Gasteiger partial charge on any atom is -0.497 e. The largest absolute Gasteiger partial charge is 0.497 e. The second kappa shape index (κ2) is 13.6. The number of ether oxygens (including phenoxy) is 1. The molecule has 11 heteroatoms. The van der Waals surface area contributed by atoms with E-state index in [4.69, 9.17) is 10.5 Å². The SMILES string of the molecule is COc1ccc(C(=O)N[C@@H]2CCCN(c3nnc(C(N)=O)c(Nc4ccc(C5CCN(C6CCCC6)CC5)cc4)n3)C2)cc1. The van der Waals surface area contributed by atoms with Gasteiger partial charge in [0, 0.05) is 36.4 Å². The van der Waals surface area contributed by atoms with Crippen LogP contribution in [0.3, 0.4) is 0 Å². The van der Waals surface area contributed by atoms with Gasteiger partial charge in [-0.05, 0) is 99.5 Å². The number of hydrogen-bond acceptors (Lipinski definition) is 9. The van der Waals surface area contributed by atoms with Gasteiger partial charge in [0.1, 0.15) is 5.75 Å². The van der Waals surface area contributed by atoms with E-state index >= 15 is 0 Å². The Morgan fingerprint density at radius 1 is 0.886 bits per heavy atom. The fourth-order valence-corrected chi connectivity index (χ4v) is 6.83. The molecule has 2 aromatic carbocycles. The molecule has 1 aliphatic carbocycles. The van der Waals surface area contributed by atoms with Gasteiger partial charge in [-0.3, -0.25) is 9.59 Å². The zero-order chi connectivity index (χ0) is 30.5. The molecule has 4 N–H and O–H groups in total. The average Bonchev–Trinajstić information content (AvgIpc) is 3.61. The fourth-order valence-electron chi connectivity index (χ4n) is 6.83. The number of carbonyl (C=O) groups is 2. The zero-order valence-corrected chi connectivity index (χ0v) is 25.4. The molecule has 0 spiro atoms. The van der Waals surface area contributed by atoms with Crippen molar-refractivity contribution < 1.29 is 14.3 Å². The molecule has 2 aliphatic heterocycles. The van der Waals surface area contributed by atoms with Crippen molar-refractivity contribution in [2.45, 2.75) is 69.4 Å². The summed E-state index contributed by atoms with van der Waals surface area (Å²) in [6, 6.07) is 16.1. The highest BCUT2D eigenvalue weighted by Gasteiger charge is 2.28. The number of benzene rings is 2. The van der Waals surface area contributed by atoms with Crippen LogP contribution in [0.15, 0.2) is 48.5 Å². The first-order valence-corrected chi connectivity index (χ1v) is 15.8. The molecule has 1 atom stereocenters. The molecular formula is C33H42N8O3. The van der Waals surface area contributed by atoms with Gasteiger partial charge in [-0.1, -0.05) is 25.0 Å². The van der Waals surface area contributed by atoms with Gasteiger partial charge >= 0.3 is 0 Å². The van der Waals surface area contributed by atoms with Crippen molar-refractivity contribution in [2.24, 2.45) is 5.73 Å². The number of likely N-dealkylation sites (tertiary alicyclic amines) is 1. The van der Waals surface area contributed by atoms with Gasteiger partial charge in [0.15, 0.2) is 11.5 Å². The summed E-state index contributed by atoms with van der Waals surface area (Å²) in [5, 5.41) is 14.7. The van der Waals surface area contributed by atoms with Crippen LogP contribution in [0.2, 0.25) is 0 Å². The molecule has 3 aliphatic rings. The van der Waals surface area contributed by atoms with Crippen molar-refractivity contribution in [3.05, 3.63) is 65.4 Å². The number of methoxy groups -OCH3 is 1. The number of nitrogens with one attached hydrogen (secondary N) is 2. The molecule has 3 aromatic rings. The van der Waals surface area contributed by atoms with Gasteiger partial charge in [0.25, 0.3) is 11.8 Å². The third-order valence-electron chi connectivity index (χ3n) is 9.32. The topological polar surface area (TPSA) is 139 Å². The third-order valence-corrected chi connectivity index (χ3v) is 9.32. The van der Waals surface area contributed by atoms with Gasteiger partial charge in [-0.25, -0.2) is 0 Å². The molecule has 3 fully saturated rings. The Morgan fingerprint density at radius 2 is 1.61 bits per heavy atom. The fraction of sp³-hybridized carbons (Fsp3) is 0.485. The Hall–Kier alpha value is -4.25. The van der Waals surface area contributed by atoms with Crippen LogP contribution in [0.4, 0.5) is 17.5 Å². The molecule has 0 unspecified atom stereocenters. The Bertz CT molecular complexity index is 1430. The van der Waals surface area contributed by atoms with E-state index in [2.05, 4.69) is 42.8 Å². The number of amides is 2. The zero-order valence-electron chi connectivity index (χ0n) is 25.4. The number of nitrogens with two attached hydrogens (primary N) is 1. The monoisotopic (exact) mass is 598 g/mol. The van der Waals surface area contributed by atoms with Crippen LogP contribution < -0.4 is 26.0 Å². The standard InChI is InChI=1S/C33H42N8O3/c1-44-28-14-10-24(11-15-28)32(43)36-26-5-4-18-41(21-26)33-37-31(29(30(34)42)38-39-33)35-25-12-8-22(9-13-25)23-16-19-40(20-17-23)27-6-2-3-7-27/h8-15,23,26-27H,2-7,16-21H2,1H3,(H2,34,42)(H,36,43)(H,35,37,39)/t26-/m1/s1. The Balaban J connectivity index is 1.09. The molecule has 2 saturated heterocycles. The lowest BCUT2D eigenvalue weighted by Gasteiger charge is -2.36. The predicted octanol–water partition coefficient (Wildman–Crippen LogP) is 4.24. The van der Waals surface area contributed by atoms with Crippen molar-refractivity contribution in [2.75, 3.05) is 43.5 Å². The van der Waals surface area contributed by atoms with Crippen LogP contribution in [0.5, 0.6) is 5.75 Å². The molecule has 0 bridgehead atoms. The molecule has 11 nitrogen and oxygen atoms in total. The molecule has 6 rings (SSSR count). The number of rotatable bonds is 9. The summed E-state index contributed by atoms with van der Waals surface area (Å²) < 4.78 is 5.19. The van der Waals surface area contributed by atoms with E-state index in [1.54, 1.807) is 31.4 Å². The molecule has 1 saturated carbocycles. The molecular weight excluding hydrogens is 556 g/mol. The van der Waals surface area contributed by atoms with Crippen molar-refractivity contribution in [1.82, 2.24) is 25.4 Å². The molecule has 44 heavy (non-hydrogen) atoms. The predicted molar refractivity (Wildman–Crippen MR) is 170 cm³/mol. The highest BCUT2D eigenvalue weighted by atomic mass is 16.5. The van der Waals surface area contributed by atoms with Crippen molar-refractivity contribution in [3.63, 3.8) is 0 Å². The summed E-state index contributed by atoms with van der Waals surface area (Å²) in [5.74, 6) is 1.06. The van der Waals surface area contributed by atoms with Crippen LogP contribution in [0.1, 0.15) is 83.7 Å². The summed E-state index contributed by atoms with van der Waals surface area (Å²) in [7, 11) is 1.59. The second-order valence-electron chi connectivity index (χ2n) is 12.2. The summed E-state index contributed by atoms with van der Waals surface area (Å²) in [6.45, 7) is 3.58. The molecule has 2 amide bonds. The summed E-state index contributed by atoms with van der Waals surface area (Å²) >= 11 is 0. The van der Waals surface area contributed by atoms with Crippen LogP contribution in [0, 0.1) is 0 Å². The Labute approximate surface area is 258 Å². The number of primary amides is 1. The van der Waals surface area contributed by atoms with Crippen molar-refractivity contribution >= 4 is 29.3 Å². The van der Waals surface area contributed by atoms with E-state index in [0.29, 0.717) is 36.3 Å². The number of carbonyl (C=O) groups excluding carboxylic acids is 2. The Kier molecular flexibility index (Phi) is 9.20. The maximum atomic E-state index is 12.8. The first-order chi connectivity index (χ1) is 21.5. The maximum absolute atomic E-state index is 12.8.